The summed E-state index contributed by atoms with van der Waals surface area (Å²) in [6.07, 6.45) is 6.21. The lowest BCUT2D eigenvalue weighted by molar-refractivity contribution is -0.140. The molecule has 1 aromatic heterocycles. The maximum atomic E-state index is 15.6. The molecule has 0 bridgehead atoms. The number of carbonyl (C=O) groups excluding carboxylic acids is 6. The van der Waals surface area contributed by atoms with Crippen molar-refractivity contribution in [2.45, 2.75) is 69.4 Å². The van der Waals surface area contributed by atoms with Gasteiger partial charge in [-0.2, -0.15) is 13.8 Å². The van der Waals surface area contributed by atoms with Crippen LogP contribution in [0.15, 0.2) is 36.5 Å². The fourth-order valence-corrected chi connectivity index (χ4v) is 9.29. The van der Waals surface area contributed by atoms with Crippen LogP contribution in [-0.4, -0.2) is 140 Å². The van der Waals surface area contributed by atoms with E-state index in [-0.39, 0.29) is 70.4 Å². The van der Waals surface area contributed by atoms with E-state index in [1.54, 1.807) is 12.1 Å². The molecule has 2 atom stereocenters. The first-order valence-corrected chi connectivity index (χ1v) is 21.8. The summed E-state index contributed by atoms with van der Waals surface area (Å²) in [6.45, 7) is 2.71. The van der Waals surface area contributed by atoms with Gasteiger partial charge in [0.25, 0.3) is 23.6 Å². The monoisotopic (exact) mass is 904 g/mol. The van der Waals surface area contributed by atoms with E-state index >= 15 is 13.2 Å². The number of hydrogen-bond donors (Lipinski definition) is 4. The van der Waals surface area contributed by atoms with Gasteiger partial charge in [0.2, 0.25) is 17.8 Å². The molecule has 8 rings (SSSR count). The molecule has 0 radical (unpaired) electrons. The van der Waals surface area contributed by atoms with Crippen LogP contribution in [0.5, 0.6) is 5.75 Å². The summed E-state index contributed by atoms with van der Waals surface area (Å²) in [4.78, 5) is 90.8. The van der Waals surface area contributed by atoms with Gasteiger partial charge in [-0.1, -0.05) is 18.9 Å². The second-order valence-electron chi connectivity index (χ2n) is 16.9. The Balaban J connectivity index is 0.809. The molecule has 18 nitrogen and oxygen atoms in total. The van der Waals surface area contributed by atoms with E-state index in [4.69, 9.17) is 9.47 Å². The van der Waals surface area contributed by atoms with Gasteiger partial charge in [-0.15, -0.1) is 0 Å². The zero-order valence-corrected chi connectivity index (χ0v) is 36.1. The smallest absolute Gasteiger partial charge is 0.342 e. The summed E-state index contributed by atoms with van der Waals surface area (Å²) >= 11 is 0. The summed E-state index contributed by atoms with van der Waals surface area (Å²) in [5.74, 6) is -8.39. The normalized spacial score (nSPS) is 21.2. The van der Waals surface area contributed by atoms with Gasteiger partial charge < -0.3 is 40.1 Å². The maximum absolute atomic E-state index is 15.6. The number of likely N-dealkylation sites (tertiary alicyclic amines) is 1. The molecule has 2 saturated heterocycles. The zero-order chi connectivity index (χ0) is 46.0. The number of alkyl halides is 2. The highest BCUT2D eigenvalue weighted by Gasteiger charge is 2.49. The largest absolute Gasteiger partial charge is 0.495 e. The SMILES string of the molecule is COc1cc(C(=O)NCC2CCCN(CCOCCNc3cccc4c3C(=O)N(C3CCC(=O)NC3=O)C4=O)C2)c(F)cc1Nc1ncc2c(n1)N(C1CCCC1)CC(F)(F)C(=O)N2C. The van der Waals surface area contributed by atoms with Crippen molar-refractivity contribution >= 4 is 64.3 Å². The van der Waals surface area contributed by atoms with Crippen LogP contribution < -0.4 is 35.8 Å². The molecule has 6 amide bonds. The van der Waals surface area contributed by atoms with Crippen LogP contribution in [0, 0.1) is 11.7 Å². The number of carbonyl (C=O) groups is 6. The summed E-state index contributed by atoms with van der Waals surface area (Å²) in [7, 11) is 2.62. The van der Waals surface area contributed by atoms with Crippen LogP contribution in [-0.2, 0) is 19.1 Å². The number of piperidine rings is 2. The minimum Gasteiger partial charge on any atom is -0.495 e. The number of ether oxygens (including phenoxy) is 2. The van der Waals surface area contributed by atoms with Crippen molar-refractivity contribution in [3.63, 3.8) is 0 Å². The molecule has 2 aromatic carbocycles. The van der Waals surface area contributed by atoms with Crippen LogP contribution in [0.1, 0.15) is 82.4 Å². The Labute approximate surface area is 372 Å². The number of aromatic nitrogens is 2. The molecule has 3 aromatic rings. The number of nitrogens with one attached hydrogen (secondary N) is 4. The molecule has 65 heavy (non-hydrogen) atoms. The minimum absolute atomic E-state index is 0.0342. The lowest BCUT2D eigenvalue weighted by Crippen LogP contribution is -2.54. The number of imide groups is 2. The Kier molecular flexibility index (Phi) is 13.2. The van der Waals surface area contributed by atoms with Crippen LogP contribution in [0.4, 0.5) is 42.0 Å². The summed E-state index contributed by atoms with van der Waals surface area (Å²) in [6, 6.07) is 5.93. The minimum atomic E-state index is -3.64. The van der Waals surface area contributed by atoms with E-state index in [0.717, 1.165) is 48.1 Å². The van der Waals surface area contributed by atoms with Crippen molar-refractivity contribution in [2.24, 2.45) is 5.92 Å². The Morgan fingerprint density at radius 1 is 1.00 bits per heavy atom. The van der Waals surface area contributed by atoms with Gasteiger partial charge in [-0.25, -0.2) is 9.37 Å². The van der Waals surface area contributed by atoms with Crippen molar-refractivity contribution in [1.82, 2.24) is 30.4 Å². The second kappa shape index (κ2) is 19.0. The molecule has 4 N–H and O–H groups in total. The fraction of sp³-hybridized carbons (Fsp3) is 0.500. The Hall–Kier alpha value is -6.35. The van der Waals surface area contributed by atoms with Crippen molar-refractivity contribution in [2.75, 3.05) is 87.1 Å². The van der Waals surface area contributed by atoms with Gasteiger partial charge >= 0.3 is 5.92 Å². The number of hydrogen-bond acceptors (Lipinski definition) is 14. The van der Waals surface area contributed by atoms with E-state index in [2.05, 4.69) is 36.1 Å². The van der Waals surface area contributed by atoms with E-state index in [9.17, 15) is 28.8 Å². The molecule has 2 unspecified atom stereocenters. The molecular formula is C44H51F3N10O8. The van der Waals surface area contributed by atoms with Gasteiger partial charge in [0, 0.05) is 57.4 Å². The standard InChI is InChI=1S/C44H51F3N10O8/c1-54-33-22-50-43(53-37(33)56(26-8-3-4-9-26)24-44(46,47)42(54)63)51-31-20-29(45)28(19-34(31)64-2)38(59)49-21-25-7-6-15-55(23-25)16-18-65-17-14-48-30-11-5-10-27-36(30)41(62)57(40(27)61)32-12-13-35(58)52-39(32)60/h5,10-11,19-20,22,25-26,32,48H,3-4,6-9,12-18,21,23-24H2,1-2H3,(H,49,59)(H,50,51,53)(H,52,58,60). The average Bonchev–Trinajstić information content (AvgIpc) is 3.90. The van der Waals surface area contributed by atoms with Gasteiger partial charge in [0.1, 0.15) is 23.3 Å². The lowest BCUT2D eigenvalue weighted by Gasteiger charge is -2.32. The van der Waals surface area contributed by atoms with Gasteiger partial charge in [0.05, 0.1) is 55.4 Å². The van der Waals surface area contributed by atoms with Crippen molar-refractivity contribution in [3.05, 3.63) is 59.0 Å². The third-order valence-electron chi connectivity index (χ3n) is 12.7. The van der Waals surface area contributed by atoms with Gasteiger partial charge in [0.15, 0.2) is 5.82 Å². The highest BCUT2D eigenvalue weighted by atomic mass is 19.3. The molecular weight excluding hydrogens is 854 g/mol. The number of fused-ring (bicyclic) bond motifs is 2. The number of halogens is 3. The topological polar surface area (TPSA) is 208 Å². The first-order valence-electron chi connectivity index (χ1n) is 21.8. The Morgan fingerprint density at radius 2 is 1.80 bits per heavy atom. The fourth-order valence-electron chi connectivity index (χ4n) is 9.29. The predicted octanol–water partition coefficient (Wildman–Crippen LogP) is 3.70. The molecule has 1 aliphatic carbocycles. The van der Waals surface area contributed by atoms with Crippen LogP contribution in [0.3, 0.4) is 0 Å². The van der Waals surface area contributed by atoms with Gasteiger partial charge in [-0.05, 0) is 62.8 Å². The molecule has 4 aliphatic heterocycles. The Morgan fingerprint density at radius 3 is 2.57 bits per heavy atom. The third-order valence-corrected chi connectivity index (χ3v) is 12.7. The predicted molar refractivity (Wildman–Crippen MR) is 230 cm³/mol. The lowest BCUT2D eigenvalue weighted by atomic mass is 9.98. The molecule has 346 valence electrons. The van der Waals surface area contributed by atoms with E-state index in [1.807, 2.05) is 0 Å². The molecule has 1 saturated carbocycles. The van der Waals surface area contributed by atoms with Crippen LogP contribution in [0.2, 0.25) is 0 Å². The first kappa shape index (κ1) is 45.2. The molecule has 3 fully saturated rings. The van der Waals surface area contributed by atoms with Crippen molar-refractivity contribution in [1.29, 1.82) is 0 Å². The highest BCUT2D eigenvalue weighted by Crippen LogP contribution is 2.40. The van der Waals surface area contributed by atoms with E-state index in [0.29, 0.717) is 57.9 Å². The van der Waals surface area contributed by atoms with E-state index in [1.165, 1.54) is 37.4 Å². The summed E-state index contributed by atoms with van der Waals surface area (Å²) < 4.78 is 57.1. The van der Waals surface area contributed by atoms with Crippen LogP contribution >= 0.6 is 0 Å². The molecule has 5 aliphatic rings. The number of methoxy groups -OCH3 is 1. The van der Waals surface area contributed by atoms with Gasteiger partial charge in [-0.3, -0.25) is 39.0 Å². The quantitative estimate of drug-likeness (QED) is 0.127. The number of benzene rings is 2. The van der Waals surface area contributed by atoms with Crippen molar-refractivity contribution in [3.8, 4) is 5.75 Å². The highest BCUT2D eigenvalue weighted by molar-refractivity contribution is 6.25. The average molecular weight is 905 g/mol. The summed E-state index contributed by atoms with van der Waals surface area (Å²) in [5, 5.41) is 11.1. The number of nitrogens with zero attached hydrogens (tertiary/aromatic N) is 6. The van der Waals surface area contributed by atoms with E-state index < -0.39 is 59.8 Å². The first-order chi connectivity index (χ1) is 31.2. The van der Waals surface area contributed by atoms with Crippen molar-refractivity contribution < 1.29 is 51.4 Å². The summed E-state index contributed by atoms with van der Waals surface area (Å²) in [5.41, 5.74) is 0.807. The molecule has 0 spiro atoms. The number of amides is 6. The number of rotatable bonds is 15. The number of anilines is 5. The third kappa shape index (κ3) is 9.42. The second-order valence-corrected chi connectivity index (χ2v) is 16.9. The van der Waals surface area contributed by atoms with Crippen LogP contribution in [0.25, 0.3) is 0 Å². The maximum Gasteiger partial charge on any atom is 0.342 e. The Bertz CT molecular complexity index is 2380. The zero-order valence-electron chi connectivity index (χ0n) is 36.1. The molecule has 21 heteroatoms. The molecule has 5 heterocycles.